The van der Waals surface area contributed by atoms with E-state index in [2.05, 4.69) is 9.97 Å². The molecule has 1 aliphatic carbocycles. The SMILES string of the molecule is CC1=C(C)C(O/C=C2/C(=O)N(C(=O)OC(C)(C)C)C3c4ccccc4CC23)N(c2cnccn2)C1=O. The maximum atomic E-state index is 13.6. The van der Waals surface area contributed by atoms with Crippen molar-refractivity contribution in [1.82, 2.24) is 14.9 Å². The van der Waals surface area contributed by atoms with Crippen LogP contribution in [0.1, 0.15) is 51.8 Å². The van der Waals surface area contributed by atoms with Crippen LogP contribution < -0.4 is 4.90 Å². The molecule has 0 saturated carbocycles. The predicted molar refractivity (Wildman–Crippen MR) is 130 cm³/mol. The minimum Gasteiger partial charge on any atom is -0.473 e. The maximum absolute atomic E-state index is 13.6. The second-order valence-corrected chi connectivity index (χ2v) is 10.2. The molecule has 36 heavy (non-hydrogen) atoms. The highest BCUT2D eigenvalue weighted by Gasteiger charge is 2.53. The van der Waals surface area contributed by atoms with Crippen molar-refractivity contribution in [2.75, 3.05) is 4.90 Å². The molecule has 5 rings (SSSR count). The molecule has 186 valence electrons. The molecule has 1 saturated heterocycles. The molecule has 3 heterocycles. The zero-order valence-electron chi connectivity index (χ0n) is 20.9. The monoisotopic (exact) mass is 488 g/mol. The highest BCUT2D eigenvalue weighted by atomic mass is 16.6. The largest absolute Gasteiger partial charge is 0.473 e. The quantitative estimate of drug-likeness (QED) is 0.474. The molecule has 0 bridgehead atoms. The Morgan fingerprint density at radius 1 is 1.11 bits per heavy atom. The number of hydrogen-bond donors (Lipinski definition) is 0. The van der Waals surface area contributed by atoms with Crippen LogP contribution in [0.15, 0.2) is 65.8 Å². The molecule has 3 amide bonds. The highest BCUT2D eigenvalue weighted by Crippen LogP contribution is 2.50. The molecule has 0 N–H and O–H groups in total. The van der Waals surface area contributed by atoms with Crippen LogP contribution in [0.25, 0.3) is 0 Å². The van der Waals surface area contributed by atoms with Gasteiger partial charge >= 0.3 is 6.09 Å². The molecule has 9 nitrogen and oxygen atoms in total. The van der Waals surface area contributed by atoms with Gasteiger partial charge in [0.15, 0.2) is 5.82 Å². The number of amides is 3. The molecule has 3 aliphatic rings. The first-order valence-electron chi connectivity index (χ1n) is 11.9. The van der Waals surface area contributed by atoms with Gasteiger partial charge in [0, 0.05) is 23.9 Å². The summed E-state index contributed by atoms with van der Waals surface area (Å²) in [7, 11) is 0. The Balaban J connectivity index is 1.50. The lowest BCUT2D eigenvalue weighted by molar-refractivity contribution is -0.125. The first kappa shape index (κ1) is 23.7. The lowest BCUT2D eigenvalue weighted by atomic mass is 9.97. The third-order valence-corrected chi connectivity index (χ3v) is 6.78. The molecule has 3 unspecified atom stereocenters. The molecular weight excluding hydrogens is 460 g/mol. The van der Waals surface area contributed by atoms with Crippen LogP contribution >= 0.6 is 0 Å². The van der Waals surface area contributed by atoms with Gasteiger partial charge in [0.2, 0.25) is 6.23 Å². The van der Waals surface area contributed by atoms with Gasteiger partial charge < -0.3 is 9.47 Å². The van der Waals surface area contributed by atoms with Gasteiger partial charge in [-0.15, -0.1) is 0 Å². The number of aromatic nitrogens is 2. The number of ether oxygens (including phenoxy) is 2. The molecule has 9 heteroatoms. The molecule has 1 fully saturated rings. The molecule has 3 atom stereocenters. The van der Waals surface area contributed by atoms with Crippen molar-refractivity contribution >= 4 is 23.7 Å². The standard InChI is InChI=1S/C27H28N4O5/c1-15-16(2)25(30(23(15)32)21-13-28-10-11-29-21)35-14-20-19-12-17-8-6-7-9-18(17)22(19)31(24(20)33)26(34)36-27(3,4)5/h6-11,13-14,19,22,25H,12H2,1-5H3/b20-14+. The summed E-state index contributed by atoms with van der Waals surface area (Å²) in [6, 6.07) is 7.32. The van der Waals surface area contributed by atoms with Crippen molar-refractivity contribution < 1.29 is 23.9 Å². The summed E-state index contributed by atoms with van der Waals surface area (Å²) in [6.45, 7) is 8.83. The van der Waals surface area contributed by atoms with Gasteiger partial charge in [-0.2, -0.15) is 0 Å². The van der Waals surface area contributed by atoms with Crippen LogP contribution in [-0.2, 0) is 25.5 Å². The Hall–Kier alpha value is -4.01. The number of likely N-dealkylation sites (tertiary alicyclic amines) is 1. The number of imide groups is 1. The van der Waals surface area contributed by atoms with Crippen molar-refractivity contribution in [2.45, 2.75) is 58.9 Å². The van der Waals surface area contributed by atoms with Gasteiger partial charge in [0.25, 0.3) is 11.8 Å². The topological polar surface area (TPSA) is 102 Å². The first-order valence-corrected chi connectivity index (χ1v) is 11.9. The van der Waals surface area contributed by atoms with Crippen LogP contribution in [0.4, 0.5) is 10.6 Å². The summed E-state index contributed by atoms with van der Waals surface area (Å²) in [6.07, 6.45) is 5.03. The van der Waals surface area contributed by atoms with Gasteiger partial charge in [-0.1, -0.05) is 24.3 Å². The van der Waals surface area contributed by atoms with E-state index in [-0.39, 0.29) is 11.8 Å². The van der Waals surface area contributed by atoms with E-state index in [1.54, 1.807) is 27.7 Å². The van der Waals surface area contributed by atoms with E-state index in [0.717, 1.165) is 11.1 Å². The van der Waals surface area contributed by atoms with Gasteiger partial charge in [-0.25, -0.2) is 14.7 Å². The fourth-order valence-corrected chi connectivity index (χ4v) is 5.02. The van der Waals surface area contributed by atoms with E-state index in [1.807, 2.05) is 31.2 Å². The minimum atomic E-state index is -0.785. The maximum Gasteiger partial charge on any atom is 0.417 e. The van der Waals surface area contributed by atoms with Gasteiger partial charge in [0.05, 0.1) is 24.1 Å². The lowest BCUT2D eigenvalue weighted by Crippen LogP contribution is -2.39. The first-order chi connectivity index (χ1) is 17.1. The van der Waals surface area contributed by atoms with Gasteiger partial charge in [0.1, 0.15) is 5.60 Å². The number of carbonyl (C=O) groups excluding carboxylic acids is 3. The predicted octanol–water partition coefficient (Wildman–Crippen LogP) is 4.08. The van der Waals surface area contributed by atoms with Crippen molar-refractivity contribution in [2.24, 2.45) is 5.92 Å². The zero-order valence-corrected chi connectivity index (χ0v) is 20.9. The van der Waals surface area contributed by atoms with Crippen LogP contribution in [0.3, 0.4) is 0 Å². The minimum absolute atomic E-state index is 0.240. The Morgan fingerprint density at radius 2 is 1.86 bits per heavy atom. The Bertz CT molecular complexity index is 1310. The molecule has 2 aromatic rings. The van der Waals surface area contributed by atoms with E-state index in [4.69, 9.17) is 9.47 Å². The summed E-state index contributed by atoms with van der Waals surface area (Å²) in [5.41, 5.74) is 2.87. The smallest absolute Gasteiger partial charge is 0.417 e. The number of fused-ring (bicyclic) bond motifs is 3. The Morgan fingerprint density at radius 3 is 2.56 bits per heavy atom. The molecular formula is C27H28N4O5. The number of hydrogen-bond acceptors (Lipinski definition) is 7. The normalized spacial score (nSPS) is 24.5. The molecule has 1 aromatic carbocycles. The van der Waals surface area contributed by atoms with Crippen LogP contribution in [0, 0.1) is 5.92 Å². The van der Waals surface area contributed by atoms with E-state index in [0.29, 0.717) is 29.0 Å². The van der Waals surface area contributed by atoms with Crippen molar-refractivity contribution in [3.05, 3.63) is 77.0 Å². The average Bonchev–Trinajstić information content (AvgIpc) is 3.40. The number of rotatable bonds is 3. The number of benzene rings is 1. The summed E-state index contributed by atoms with van der Waals surface area (Å²) in [5, 5.41) is 0. The van der Waals surface area contributed by atoms with Crippen molar-refractivity contribution in [3.8, 4) is 0 Å². The molecule has 1 aromatic heterocycles. The summed E-state index contributed by atoms with van der Waals surface area (Å²) in [5.74, 6) is -0.630. The van der Waals surface area contributed by atoms with Crippen LogP contribution in [-0.4, -0.2) is 44.6 Å². The second kappa shape index (κ2) is 8.58. The Labute approximate surface area is 209 Å². The number of anilines is 1. The summed E-state index contributed by atoms with van der Waals surface area (Å²) < 4.78 is 11.7. The van der Waals surface area contributed by atoms with Crippen LogP contribution in [0.2, 0.25) is 0 Å². The van der Waals surface area contributed by atoms with E-state index >= 15 is 0 Å². The molecule has 0 spiro atoms. The average molecular weight is 489 g/mol. The fourth-order valence-electron chi connectivity index (χ4n) is 5.02. The van der Waals surface area contributed by atoms with Crippen molar-refractivity contribution in [3.63, 3.8) is 0 Å². The second-order valence-electron chi connectivity index (χ2n) is 10.2. The fraction of sp³-hybridized carbons (Fsp3) is 0.370. The third-order valence-electron chi connectivity index (χ3n) is 6.78. The zero-order chi connectivity index (χ0) is 25.8. The van der Waals surface area contributed by atoms with E-state index in [9.17, 15) is 14.4 Å². The summed E-state index contributed by atoms with van der Waals surface area (Å²) >= 11 is 0. The van der Waals surface area contributed by atoms with Gasteiger partial charge in [-0.05, 0) is 57.7 Å². The number of carbonyl (C=O) groups is 3. The molecule has 0 radical (unpaired) electrons. The van der Waals surface area contributed by atoms with Gasteiger partial charge in [-0.3, -0.25) is 19.5 Å². The number of nitrogens with zero attached hydrogens (tertiary/aromatic N) is 4. The lowest BCUT2D eigenvalue weighted by Gasteiger charge is -2.27. The summed E-state index contributed by atoms with van der Waals surface area (Å²) in [4.78, 5) is 50.6. The van der Waals surface area contributed by atoms with E-state index < -0.39 is 29.9 Å². The molecule has 2 aliphatic heterocycles. The van der Waals surface area contributed by atoms with Crippen molar-refractivity contribution in [1.29, 1.82) is 0 Å². The third kappa shape index (κ3) is 3.84. The van der Waals surface area contributed by atoms with Crippen LogP contribution in [0.5, 0.6) is 0 Å². The highest BCUT2D eigenvalue weighted by molar-refractivity contribution is 6.09. The Kier molecular flexibility index (Phi) is 5.65. The van der Waals surface area contributed by atoms with E-state index in [1.165, 1.54) is 34.7 Å².